The number of aliphatic carboxylic acids is 1. The lowest BCUT2D eigenvalue weighted by Gasteiger charge is -2.24. The predicted octanol–water partition coefficient (Wildman–Crippen LogP) is 0.161. The summed E-state index contributed by atoms with van der Waals surface area (Å²) < 4.78 is 5.42. The molecule has 0 heterocycles. The third-order valence-electron chi connectivity index (χ3n) is 5.85. The Labute approximate surface area is 247 Å². The van der Waals surface area contributed by atoms with E-state index in [1.54, 1.807) is 66.1 Å². The van der Waals surface area contributed by atoms with E-state index >= 15 is 0 Å². The maximum atomic E-state index is 13.4. The van der Waals surface area contributed by atoms with Crippen LogP contribution in [0.25, 0.3) is 0 Å². The average molecular weight is 598 g/mol. The van der Waals surface area contributed by atoms with Crippen molar-refractivity contribution in [1.29, 1.82) is 0 Å². The Morgan fingerprint density at radius 2 is 1.58 bits per heavy atom. The molecule has 43 heavy (non-hydrogen) atoms. The maximum absolute atomic E-state index is 13.4. The Morgan fingerprint density at radius 3 is 2.19 bits per heavy atom. The van der Waals surface area contributed by atoms with Gasteiger partial charge >= 0.3 is 5.97 Å². The quantitative estimate of drug-likeness (QED) is 0.0341. The monoisotopic (exact) mass is 597 g/mol. The number of hydrazine groups is 1. The molecule has 15 heteroatoms. The van der Waals surface area contributed by atoms with Gasteiger partial charge in [-0.3, -0.25) is 14.4 Å². The number of amides is 3. The summed E-state index contributed by atoms with van der Waals surface area (Å²) in [5.74, 6) is -3.81. The fourth-order valence-corrected chi connectivity index (χ4v) is 3.77. The van der Waals surface area contributed by atoms with Crippen molar-refractivity contribution in [1.82, 2.24) is 21.4 Å². The lowest BCUT2D eigenvalue weighted by Crippen LogP contribution is -2.57. The highest BCUT2D eigenvalue weighted by Crippen LogP contribution is 2.07. The summed E-state index contributed by atoms with van der Waals surface area (Å²) in [6, 6.07) is 13.2. The number of rotatable bonds is 18. The first-order chi connectivity index (χ1) is 20.6. The molecule has 230 valence electrons. The second-order valence-electron chi connectivity index (χ2n) is 9.15. The number of nitrogens with one attached hydrogen (secondary N) is 4. The van der Waals surface area contributed by atoms with Gasteiger partial charge in [0.25, 0.3) is 11.9 Å². The third-order valence-corrected chi connectivity index (χ3v) is 5.85. The van der Waals surface area contributed by atoms with Gasteiger partial charge in [-0.25, -0.2) is 19.9 Å². The van der Waals surface area contributed by atoms with Crippen LogP contribution in [0.4, 0.5) is 0 Å². The highest BCUT2D eigenvalue weighted by atomic mass is 16.7. The number of carboxylic acids is 1. The van der Waals surface area contributed by atoms with Crippen molar-refractivity contribution < 1.29 is 34.1 Å². The van der Waals surface area contributed by atoms with Crippen LogP contribution < -0.4 is 27.1 Å². The molecule has 2 aromatic rings. The topological polar surface area (TPSA) is 227 Å². The molecule has 0 saturated carbocycles. The molecule has 0 aliphatic heterocycles. The first kappa shape index (κ1) is 33.9. The molecule has 0 aromatic heterocycles. The number of ether oxygens (including phenoxy) is 1. The molecule has 0 aliphatic rings. The van der Waals surface area contributed by atoms with Crippen molar-refractivity contribution >= 4 is 29.7 Å². The number of guanidine groups is 1. The van der Waals surface area contributed by atoms with Crippen molar-refractivity contribution in [3.8, 4) is 0 Å². The highest BCUT2D eigenvalue weighted by molar-refractivity contribution is 5.98. The van der Waals surface area contributed by atoms with Gasteiger partial charge in [0.15, 0.2) is 5.03 Å². The van der Waals surface area contributed by atoms with Gasteiger partial charge in [-0.05, 0) is 30.5 Å². The van der Waals surface area contributed by atoms with Crippen LogP contribution in [0.1, 0.15) is 28.8 Å². The van der Waals surface area contributed by atoms with Gasteiger partial charge in [-0.15, -0.1) is 6.58 Å². The number of nitrogens with two attached hydrogens (primary N) is 1. The second kappa shape index (κ2) is 18.2. The van der Waals surface area contributed by atoms with Gasteiger partial charge in [-0.2, -0.15) is 0 Å². The number of nitrogens with zero attached hydrogens (tertiary/aromatic N) is 2. The number of nitro groups is 1. The summed E-state index contributed by atoms with van der Waals surface area (Å²) in [4.78, 5) is 65.5. The minimum absolute atomic E-state index is 0.0189. The largest absolute Gasteiger partial charge is 0.480 e. The Morgan fingerprint density at radius 1 is 0.977 bits per heavy atom. The van der Waals surface area contributed by atoms with Gasteiger partial charge in [-0.1, -0.05) is 60.0 Å². The summed E-state index contributed by atoms with van der Waals surface area (Å²) in [5.41, 5.74) is 8.02. The predicted molar refractivity (Wildman–Crippen MR) is 156 cm³/mol. The van der Waals surface area contributed by atoms with Crippen LogP contribution in [0.5, 0.6) is 0 Å². The molecule has 7 N–H and O–H groups in total. The summed E-state index contributed by atoms with van der Waals surface area (Å²) in [6.45, 7) is 3.41. The summed E-state index contributed by atoms with van der Waals surface area (Å²) in [6.07, 6.45) is 1.55. The van der Waals surface area contributed by atoms with Gasteiger partial charge in [0, 0.05) is 18.5 Å². The lowest BCUT2D eigenvalue weighted by atomic mass is 10.0. The molecular weight excluding hydrogens is 562 g/mol. The SMILES string of the molecule is C=CCOC[C@H](NC(=O)c1ccccc1)C(=O)N[C@H](Cc1ccccc1)C(=O)N[C@@H](CCCN=C(N)N[N+](=O)[O-])C(=O)O. The van der Waals surface area contributed by atoms with Crippen molar-refractivity contribution in [3.63, 3.8) is 0 Å². The van der Waals surface area contributed by atoms with Crippen molar-refractivity contribution in [3.05, 3.63) is 94.6 Å². The summed E-state index contributed by atoms with van der Waals surface area (Å²) in [5, 5.41) is 26.9. The van der Waals surface area contributed by atoms with E-state index < -0.39 is 52.8 Å². The second-order valence-corrected chi connectivity index (χ2v) is 9.15. The third kappa shape index (κ3) is 12.8. The van der Waals surface area contributed by atoms with E-state index in [0.29, 0.717) is 11.1 Å². The number of hydrogen-bond acceptors (Lipinski definition) is 8. The van der Waals surface area contributed by atoms with Crippen LogP contribution in [0.3, 0.4) is 0 Å². The fourth-order valence-electron chi connectivity index (χ4n) is 3.77. The average Bonchev–Trinajstić information content (AvgIpc) is 2.98. The van der Waals surface area contributed by atoms with Crippen LogP contribution in [-0.2, 0) is 25.5 Å². The van der Waals surface area contributed by atoms with Gasteiger partial charge < -0.3 is 31.5 Å². The number of carbonyl (C=O) groups is 4. The Bertz CT molecular complexity index is 1270. The van der Waals surface area contributed by atoms with Gasteiger partial charge in [0.1, 0.15) is 18.1 Å². The van der Waals surface area contributed by atoms with E-state index in [1.165, 1.54) is 6.08 Å². The minimum atomic E-state index is -1.35. The summed E-state index contributed by atoms with van der Waals surface area (Å²) >= 11 is 0. The van der Waals surface area contributed by atoms with Crippen LogP contribution in [0.2, 0.25) is 0 Å². The van der Waals surface area contributed by atoms with Crippen LogP contribution in [0, 0.1) is 10.1 Å². The van der Waals surface area contributed by atoms with E-state index in [9.17, 15) is 34.4 Å². The van der Waals surface area contributed by atoms with Crippen LogP contribution in [0.15, 0.2) is 78.3 Å². The number of hydrogen-bond donors (Lipinski definition) is 6. The first-order valence-corrected chi connectivity index (χ1v) is 13.2. The van der Waals surface area contributed by atoms with Crippen molar-refractivity contribution in [2.45, 2.75) is 37.4 Å². The first-order valence-electron chi connectivity index (χ1n) is 13.2. The van der Waals surface area contributed by atoms with E-state index in [2.05, 4.69) is 27.5 Å². The highest BCUT2D eigenvalue weighted by Gasteiger charge is 2.30. The lowest BCUT2D eigenvalue weighted by molar-refractivity contribution is -0.525. The maximum Gasteiger partial charge on any atom is 0.326 e. The Kier molecular flexibility index (Phi) is 14.3. The minimum Gasteiger partial charge on any atom is -0.480 e. The zero-order valence-electron chi connectivity index (χ0n) is 23.3. The van der Waals surface area contributed by atoms with Crippen molar-refractivity contribution in [2.24, 2.45) is 10.7 Å². The van der Waals surface area contributed by atoms with Gasteiger partial charge in [0.05, 0.1) is 13.2 Å². The number of carboxylic acid groups (broad SMARTS) is 1. The van der Waals surface area contributed by atoms with Crippen LogP contribution in [-0.4, -0.2) is 77.7 Å². The summed E-state index contributed by atoms with van der Waals surface area (Å²) in [7, 11) is 0. The molecule has 2 rings (SSSR count). The smallest absolute Gasteiger partial charge is 0.326 e. The molecule has 2 aromatic carbocycles. The standard InChI is InChI=1S/C28H35N7O8/c1-2-16-43-18-23(33-24(36)20-12-7-4-8-13-20)26(38)32-22(17-19-10-5-3-6-11-19)25(37)31-21(27(39)40)14-9-15-30-28(29)34-35(41)42/h2-8,10-13,21-23H,1,9,14-18H2,(H,31,37)(H,32,38)(H,33,36)(H,39,40)(H3,29,30,34)/t21-,22+,23-/m0/s1. The molecule has 15 nitrogen and oxygen atoms in total. The number of carbonyl (C=O) groups excluding carboxylic acids is 3. The van der Waals surface area contributed by atoms with E-state index in [1.807, 2.05) is 0 Å². The zero-order valence-corrected chi connectivity index (χ0v) is 23.3. The molecule has 0 aliphatic carbocycles. The molecule has 3 atom stereocenters. The molecule has 0 bridgehead atoms. The number of aliphatic imine (C=N–C) groups is 1. The van der Waals surface area contributed by atoms with E-state index in [-0.39, 0.29) is 39.0 Å². The van der Waals surface area contributed by atoms with E-state index in [0.717, 1.165) is 0 Å². The normalized spacial score (nSPS) is 13.1. The molecule has 3 amide bonds. The fraction of sp³-hybridized carbons (Fsp3) is 0.321. The molecule has 0 spiro atoms. The molecule has 0 saturated heterocycles. The Balaban J connectivity index is 2.18. The zero-order chi connectivity index (χ0) is 31.6. The van der Waals surface area contributed by atoms with E-state index in [4.69, 9.17) is 10.5 Å². The van der Waals surface area contributed by atoms with Crippen molar-refractivity contribution in [2.75, 3.05) is 19.8 Å². The molecule has 0 fully saturated rings. The van der Waals surface area contributed by atoms with Gasteiger partial charge in [0.2, 0.25) is 11.8 Å². The Hall–Kier alpha value is -5.31. The molecule has 0 unspecified atom stereocenters. The number of benzene rings is 2. The molecular formula is C28H35N7O8. The molecule has 0 radical (unpaired) electrons. The van der Waals surface area contributed by atoms with Crippen LogP contribution >= 0.6 is 0 Å².